The van der Waals surface area contributed by atoms with Crippen LogP contribution in [0.1, 0.15) is 30.3 Å². The lowest BCUT2D eigenvalue weighted by atomic mass is 10.1. The van der Waals surface area contributed by atoms with Crippen molar-refractivity contribution in [3.05, 3.63) is 54.0 Å². The first-order chi connectivity index (χ1) is 13.6. The van der Waals surface area contributed by atoms with Crippen molar-refractivity contribution in [3.8, 4) is 11.5 Å². The number of aromatic nitrogens is 3. The molecular formula is C21H25N5O2. The molecule has 1 saturated heterocycles. The van der Waals surface area contributed by atoms with Crippen LogP contribution in [0.15, 0.2) is 47.0 Å². The normalized spacial score (nSPS) is 15.6. The third-order valence-corrected chi connectivity index (χ3v) is 5.21. The smallest absolute Gasteiger partial charge is 0.231 e. The van der Waals surface area contributed by atoms with Gasteiger partial charge in [-0.1, -0.05) is 18.2 Å². The number of oxazole rings is 1. The molecule has 0 radical (unpaired) electrons. The van der Waals surface area contributed by atoms with Gasteiger partial charge in [-0.25, -0.2) is 9.67 Å². The lowest BCUT2D eigenvalue weighted by Crippen LogP contribution is -2.32. The molecule has 1 fully saturated rings. The van der Waals surface area contributed by atoms with E-state index in [9.17, 15) is 4.79 Å². The summed E-state index contributed by atoms with van der Waals surface area (Å²) in [6.45, 7) is 3.92. The van der Waals surface area contributed by atoms with Gasteiger partial charge in [0.15, 0.2) is 0 Å². The molecule has 0 bridgehead atoms. The lowest BCUT2D eigenvalue weighted by Gasteiger charge is -2.29. The van der Waals surface area contributed by atoms with E-state index in [0.29, 0.717) is 23.4 Å². The minimum atomic E-state index is -0.120. The van der Waals surface area contributed by atoms with Crippen molar-refractivity contribution in [1.82, 2.24) is 19.7 Å². The molecule has 3 aromatic rings. The van der Waals surface area contributed by atoms with Gasteiger partial charge in [0.05, 0.1) is 24.4 Å². The first-order valence-corrected chi connectivity index (χ1v) is 9.64. The fraction of sp³-hybridized carbons (Fsp3) is 0.381. The predicted molar refractivity (Wildman–Crippen MR) is 107 cm³/mol. The van der Waals surface area contributed by atoms with E-state index in [1.165, 1.54) is 0 Å². The molecule has 1 amide bonds. The molecular weight excluding hydrogens is 354 g/mol. The van der Waals surface area contributed by atoms with E-state index in [-0.39, 0.29) is 12.3 Å². The quantitative estimate of drug-likeness (QED) is 0.736. The van der Waals surface area contributed by atoms with Crippen molar-refractivity contribution in [2.45, 2.75) is 32.2 Å². The molecule has 1 N–H and O–H groups in total. The highest BCUT2D eigenvalue weighted by Gasteiger charge is 2.22. The van der Waals surface area contributed by atoms with E-state index in [4.69, 9.17) is 4.42 Å². The van der Waals surface area contributed by atoms with E-state index in [2.05, 4.69) is 27.3 Å². The summed E-state index contributed by atoms with van der Waals surface area (Å²) in [4.78, 5) is 19.5. The van der Waals surface area contributed by atoms with Crippen LogP contribution in [0, 0.1) is 6.92 Å². The average molecular weight is 379 g/mol. The van der Waals surface area contributed by atoms with Crippen LogP contribution < -0.4 is 5.32 Å². The molecule has 1 aliphatic rings. The first kappa shape index (κ1) is 18.4. The summed E-state index contributed by atoms with van der Waals surface area (Å²) in [5, 5.41) is 7.43. The van der Waals surface area contributed by atoms with E-state index < -0.39 is 0 Å². The third-order valence-electron chi connectivity index (χ3n) is 5.21. The van der Waals surface area contributed by atoms with Gasteiger partial charge in [0.25, 0.3) is 0 Å². The second-order valence-corrected chi connectivity index (χ2v) is 7.31. The van der Waals surface area contributed by atoms with E-state index in [0.717, 1.165) is 37.3 Å². The number of anilines is 1. The van der Waals surface area contributed by atoms with Crippen LogP contribution >= 0.6 is 0 Å². The van der Waals surface area contributed by atoms with Crippen LogP contribution in [0.25, 0.3) is 11.5 Å². The summed E-state index contributed by atoms with van der Waals surface area (Å²) in [5.41, 5.74) is 1.55. The van der Waals surface area contributed by atoms with Crippen molar-refractivity contribution in [2.75, 3.05) is 25.5 Å². The van der Waals surface area contributed by atoms with Crippen molar-refractivity contribution < 1.29 is 9.21 Å². The van der Waals surface area contributed by atoms with Gasteiger partial charge in [0, 0.05) is 11.6 Å². The average Bonchev–Trinajstić information content (AvgIpc) is 3.30. The van der Waals surface area contributed by atoms with Gasteiger partial charge in [-0.05, 0) is 52.0 Å². The second kappa shape index (κ2) is 7.98. The zero-order valence-electron chi connectivity index (χ0n) is 16.3. The van der Waals surface area contributed by atoms with E-state index in [1.807, 2.05) is 48.0 Å². The maximum absolute atomic E-state index is 12.6. The number of aryl methyl sites for hydroxylation is 1. The zero-order valence-corrected chi connectivity index (χ0v) is 16.3. The Morgan fingerprint density at radius 1 is 1.21 bits per heavy atom. The molecule has 0 aliphatic carbocycles. The Morgan fingerprint density at radius 3 is 2.71 bits per heavy atom. The summed E-state index contributed by atoms with van der Waals surface area (Å²) in [5.74, 6) is 1.82. The monoisotopic (exact) mass is 379 g/mol. The summed E-state index contributed by atoms with van der Waals surface area (Å²) in [6.07, 6.45) is 3.97. The molecule has 28 heavy (non-hydrogen) atoms. The number of carbonyl (C=O) groups is 1. The standard InChI is InChI=1S/C21H25N5O2/c1-15-18(23-21(28-15)16-6-4-3-5-7-16)14-20(27)24-19-8-11-22-26(19)17-9-12-25(2)13-10-17/h3-8,11,17H,9-10,12-14H2,1-2H3,(H,24,27). The molecule has 7 nitrogen and oxygen atoms in total. The number of carbonyl (C=O) groups excluding carboxylic acids is 1. The summed E-state index contributed by atoms with van der Waals surface area (Å²) < 4.78 is 7.69. The molecule has 2 aromatic heterocycles. The minimum absolute atomic E-state index is 0.120. The van der Waals surface area contributed by atoms with Gasteiger partial charge in [0.2, 0.25) is 11.8 Å². The molecule has 146 valence electrons. The number of nitrogens with one attached hydrogen (secondary N) is 1. The molecule has 1 aromatic carbocycles. The number of piperidine rings is 1. The number of amides is 1. The van der Waals surface area contributed by atoms with Crippen molar-refractivity contribution in [2.24, 2.45) is 0 Å². The predicted octanol–water partition coefficient (Wildman–Crippen LogP) is 3.29. The Morgan fingerprint density at radius 2 is 1.96 bits per heavy atom. The van der Waals surface area contributed by atoms with Crippen molar-refractivity contribution in [3.63, 3.8) is 0 Å². The number of benzene rings is 1. The molecule has 0 unspecified atom stereocenters. The summed E-state index contributed by atoms with van der Waals surface area (Å²) >= 11 is 0. The summed E-state index contributed by atoms with van der Waals surface area (Å²) in [7, 11) is 2.13. The van der Waals surface area contributed by atoms with Crippen LogP contribution in [-0.4, -0.2) is 45.7 Å². The van der Waals surface area contributed by atoms with Crippen LogP contribution in [0.2, 0.25) is 0 Å². The highest BCUT2D eigenvalue weighted by atomic mass is 16.4. The van der Waals surface area contributed by atoms with Crippen LogP contribution in [-0.2, 0) is 11.2 Å². The maximum atomic E-state index is 12.6. The van der Waals surface area contributed by atoms with Crippen LogP contribution in [0.3, 0.4) is 0 Å². The first-order valence-electron chi connectivity index (χ1n) is 9.64. The number of nitrogens with zero attached hydrogens (tertiary/aromatic N) is 4. The molecule has 7 heteroatoms. The molecule has 4 rings (SSSR count). The van der Waals surface area contributed by atoms with Crippen LogP contribution in [0.5, 0.6) is 0 Å². The minimum Gasteiger partial charge on any atom is -0.441 e. The number of rotatable bonds is 5. The van der Waals surface area contributed by atoms with Gasteiger partial charge in [-0.3, -0.25) is 4.79 Å². The van der Waals surface area contributed by atoms with Crippen LogP contribution in [0.4, 0.5) is 5.82 Å². The molecule has 0 spiro atoms. The Kier molecular flexibility index (Phi) is 5.25. The summed E-state index contributed by atoms with van der Waals surface area (Å²) in [6, 6.07) is 11.9. The number of hydrogen-bond acceptors (Lipinski definition) is 5. The Labute approximate surface area is 164 Å². The molecule has 0 saturated carbocycles. The van der Waals surface area contributed by atoms with E-state index in [1.54, 1.807) is 6.20 Å². The van der Waals surface area contributed by atoms with Gasteiger partial charge in [-0.2, -0.15) is 5.10 Å². The highest BCUT2D eigenvalue weighted by molar-refractivity contribution is 5.91. The largest absolute Gasteiger partial charge is 0.441 e. The zero-order chi connectivity index (χ0) is 19.5. The Hall–Kier alpha value is -2.93. The van der Waals surface area contributed by atoms with Gasteiger partial charge < -0.3 is 14.6 Å². The van der Waals surface area contributed by atoms with Crippen molar-refractivity contribution in [1.29, 1.82) is 0 Å². The highest BCUT2D eigenvalue weighted by Crippen LogP contribution is 2.25. The maximum Gasteiger partial charge on any atom is 0.231 e. The third kappa shape index (κ3) is 3.99. The molecule has 1 aliphatic heterocycles. The molecule has 0 atom stereocenters. The topological polar surface area (TPSA) is 76.2 Å². The Bertz CT molecular complexity index is 939. The Balaban J connectivity index is 1.43. The van der Waals surface area contributed by atoms with Crippen molar-refractivity contribution >= 4 is 11.7 Å². The van der Waals surface area contributed by atoms with Gasteiger partial charge >= 0.3 is 0 Å². The van der Waals surface area contributed by atoms with Gasteiger partial charge in [0.1, 0.15) is 11.6 Å². The fourth-order valence-electron chi connectivity index (χ4n) is 3.58. The SMILES string of the molecule is Cc1oc(-c2ccccc2)nc1CC(=O)Nc1ccnn1C1CCN(C)CC1. The van der Waals surface area contributed by atoms with E-state index >= 15 is 0 Å². The second-order valence-electron chi connectivity index (χ2n) is 7.31. The number of likely N-dealkylation sites (tertiary alicyclic amines) is 1. The fourth-order valence-corrected chi connectivity index (χ4v) is 3.58. The van der Waals surface area contributed by atoms with Gasteiger partial charge in [-0.15, -0.1) is 0 Å². The number of hydrogen-bond donors (Lipinski definition) is 1. The molecule has 3 heterocycles. The lowest BCUT2D eigenvalue weighted by molar-refractivity contribution is -0.115.